The van der Waals surface area contributed by atoms with Crippen molar-refractivity contribution in [2.24, 2.45) is 0 Å². The van der Waals surface area contributed by atoms with Crippen molar-refractivity contribution in [3.05, 3.63) is 22.7 Å². The highest BCUT2D eigenvalue weighted by molar-refractivity contribution is 9.10. The van der Waals surface area contributed by atoms with Crippen LogP contribution in [0.2, 0.25) is 0 Å². The number of nitrogen functional groups attached to an aromatic ring is 1. The third-order valence-corrected chi connectivity index (χ3v) is 2.70. The molecule has 3 nitrogen and oxygen atoms in total. The Balaban J connectivity index is 2.92. The van der Waals surface area contributed by atoms with E-state index in [0.717, 1.165) is 22.4 Å². The zero-order valence-electron chi connectivity index (χ0n) is 8.20. The van der Waals surface area contributed by atoms with Crippen molar-refractivity contribution in [2.75, 3.05) is 30.3 Å². The summed E-state index contributed by atoms with van der Waals surface area (Å²) in [5, 5.41) is 8.89. The molecule has 0 aliphatic heterocycles. The van der Waals surface area contributed by atoms with Gasteiger partial charge in [0, 0.05) is 23.2 Å². The Morgan fingerprint density at radius 3 is 2.71 bits per heavy atom. The van der Waals surface area contributed by atoms with Crippen molar-refractivity contribution < 1.29 is 5.11 Å². The largest absolute Gasteiger partial charge is 0.399 e. The Morgan fingerprint density at radius 2 is 2.21 bits per heavy atom. The number of nitrogens with two attached hydrogens (primary N) is 1. The Kier molecular flexibility index (Phi) is 4.22. The lowest BCUT2D eigenvalue weighted by Gasteiger charge is -2.23. The number of aliphatic hydroxyl groups excluding tert-OH is 1. The fraction of sp³-hybridized carbons (Fsp3) is 0.400. The molecule has 0 unspecified atom stereocenters. The molecule has 0 spiro atoms. The van der Waals surface area contributed by atoms with Crippen LogP contribution in [0.25, 0.3) is 0 Å². The first-order valence-electron chi connectivity index (χ1n) is 4.60. The van der Waals surface area contributed by atoms with E-state index in [1.54, 1.807) is 0 Å². The van der Waals surface area contributed by atoms with Crippen LogP contribution in [0.4, 0.5) is 11.4 Å². The molecule has 3 N–H and O–H groups in total. The molecule has 0 atom stereocenters. The second-order valence-corrected chi connectivity index (χ2v) is 3.87. The Bertz CT molecular complexity index is 304. The topological polar surface area (TPSA) is 49.5 Å². The van der Waals surface area contributed by atoms with E-state index in [-0.39, 0.29) is 6.61 Å². The minimum absolute atomic E-state index is 0.157. The van der Waals surface area contributed by atoms with E-state index in [4.69, 9.17) is 10.8 Å². The zero-order valence-corrected chi connectivity index (χ0v) is 9.79. The van der Waals surface area contributed by atoms with Crippen LogP contribution in [-0.4, -0.2) is 24.8 Å². The van der Waals surface area contributed by atoms with Crippen molar-refractivity contribution in [1.82, 2.24) is 0 Å². The lowest BCUT2D eigenvalue weighted by atomic mass is 10.2. The fourth-order valence-corrected chi connectivity index (χ4v) is 2.00. The first-order chi connectivity index (χ1) is 6.69. The van der Waals surface area contributed by atoms with E-state index in [9.17, 15) is 0 Å². The normalized spacial score (nSPS) is 10.2. The van der Waals surface area contributed by atoms with Gasteiger partial charge in [-0.25, -0.2) is 0 Å². The SMILES string of the molecule is CCN(CCO)c1ccc(N)cc1Br. The smallest absolute Gasteiger partial charge is 0.0606 e. The van der Waals surface area contributed by atoms with Crippen LogP contribution < -0.4 is 10.6 Å². The summed E-state index contributed by atoms with van der Waals surface area (Å²) in [6.07, 6.45) is 0. The van der Waals surface area contributed by atoms with Crippen molar-refractivity contribution in [3.8, 4) is 0 Å². The monoisotopic (exact) mass is 258 g/mol. The summed E-state index contributed by atoms with van der Waals surface area (Å²) >= 11 is 3.46. The molecule has 0 fully saturated rings. The van der Waals surface area contributed by atoms with Gasteiger partial charge in [-0.2, -0.15) is 0 Å². The number of nitrogens with zero attached hydrogens (tertiary/aromatic N) is 1. The number of benzene rings is 1. The number of anilines is 2. The van der Waals surface area contributed by atoms with Gasteiger partial charge in [-0.1, -0.05) is 0 Å². The first kappa shape index (κ1) is 11.3. The number of aliphatic hydroxyl groups is 1. The maximum atomic E-state index is 8.89. The van der Waals surface area contributed by atoms with Gasteiger partial charge in [-0.3, -0.25) is 0 Å². The lowest BCUT2D eigenvalue weighted by Crippen LogP contribution is -2.26. The molecule has 1 aromatic rings. The minimum Gasteiger partial charge on any atom is -0.399 e. The molecule has 4 heteroatoms. The molecular formula is C10H15BrN2O. The summed E-state index contributed by atoms with van der Waals surface area (Å²) in [5.41, 5.74) is 7.45. The average Bonchev–Trinajstić information content (AvgIpc) is 2.15. The third kappa shape index (κ3) is 2.62. The number of hydrogen-bond acceptors (Lipinski definition) is 3. The predicted molar refractivity (Wildman–Crippen MR) is 63.5 cm³/mol. The molecule has 0 saturated carbocycles. The number of halogens is 1. The van der Waals surface area contributed by atoms with Crippen molar-refractivity contribution in [3.63, 3.8) is 0 Å². The highest BCUT2D eigenvalue weighted by atomic mass is 79.9. The Morgan fingerprint density at radius 1 is 1.50 bits per heavy atom. The van der Waals surface area contributed by atoms with Crippen molar-refractivity contribution >= 4 is 27.3 Å². The Labute approximate surface area is 92.7 Å². The lowest BCUT2D eigenvalue weighted by molar-refractivity contribution is 0.302. The molecule has 14 heavy (non-hydrogen) atoms. The van der Waals surface area contributed by atoms with Gasteiger partial charge in [0.25, 0.3) is 0 Å². The van der Waals surface area contributed by atoms with Crippen LogP contribution in [0, 0.1) is 0 Å². The molecule has 0 bridgehead atoms. The number of rotatable bonds is 4. The van der Waals surface area contributed by atoms with Gasteiger partial charge < -0.3 is 15.7 Å². The molecule has 0 aliphatic carbocycles. The summed E-state index contributed by atoms with van der Waals surface area (Å²) < 4.78 is 0.966. The third-order valence-electron chi connectivity index (χ3n) is 2.06. The van der Waals surface area contributed by atoms with E-state index in [1.165, 1.54) is 0 Å². The minimum atomic E-state index is 0.157. The number of likely N-dealkylation sites (N-methyl/N-ethyl adjacent to an activating group) is 1. The summed E-state index contributed by atoms with van der Waals surface area (Å²) in [7, 11) is 0. The van der Waals surface area contributed by atoms with Crippen LogP contribution in [0.15, 0.2) is 22.7 Å². The van der Waals surface area contributed by atoms with Gasteiger partial charge in [0.2, 0.25) is 0 Å². The van der Waals surface area contributed by atoms with E-state index in [0.29, 0.717) is 6.54 Å². The van der Waals surface area contributed by atoms with E-state index >= 15 is 0 Å². The maximum absolute atomic E-state index is 8.89. The van der Waals surface area contributed by atoms with Gasteiger partial charge in [-0.15, -0.1) is 0 Å². The Hall–Kier alpha value is -0.740. The second-order valence-electron chi connectivity index (χ2n) is 3.01. The van der Waals surface area contributed by atoms with Gasteiger partial charge in [0.05, 0.1) is 12.3 Å². The molecule has 0 aromatic heterocycles. The van der Waals surface area contributed by atoms with Crippen molar-refractivity contribution in [1.29, 1.82) is 0 Å². The van der Waals surface area contributed by atoms with Gasteiger partial charge in [0.15, 0.2) is 0 Å². The van der Waals surface area contributed by atoms with Gasteiger partial charge >= 0.3 is 0 Å². The molecule has 0 amide bonds. The predicted octanol–water partition coefficient (Wildman–Crippen LogP) is 1.85. The molecule has 1 aromatic carbocycles. The molecule has 0 heterocycles. The summed E-state index contributed by atoms with van der Waals surface area (Å²) in [6, 6.07) is 5.69. The molecule has 0 radical (unpaired) electrons. The summed E-state index contributed by atoms with van der Waals surface area (Å²) in [6.45, 7) is 3.71. The van der Waals surface area contributed by atoms with Crippen LogP contribution >= 0.6 is 15.9 Å². The molecule has 78 valence electrons. The maximum Gasteiger partial charge on any atom is 0.0606 e. The van der Waals surface area contributed by atoms with Crippen molar-refractivity contribution in [2.45, 2.75) is 6.92 Å². The molecule has 0 saturated heterocycles. The van der Waals surface area contributed by atoms with Crippen LogP contribution in [0.3, 0.4) is 0 Å². The fourth-order valence-electron chi connectivity index (χ4n) is 1.35. The van der Waals surface area contributed by atoms with Crippen LogP contribution in [0.1, 0.15) is 6.92 Å². The second kappa shape index (κ2) is 5.22. The number of hydrogen-bond donors (Lipinski definition) is 2. The summed E-state index contributed by atoms with van der Waals surface area (Å²) in [4.78, 5) is 2.09. The summed E-state index contributed by atoms with van der Waals surface area (Å²) in [5.74, 6) is 0. The van der Waals surface area contributed by atoms with E-state index in [2.05, 4.69) is 27.8 Å². The van der Waals surface area contributed by atoms with Crippen LogP contribution in [-0.2, 0) is 0 Å². The highest BCUT2D eigenvalue weighted by Crippen LogP contribution is 2.27. The quantitative estimate of drug-likeness (QED) is 0.811. The van der Waals surface area contributed by atoms with E-state index < -0.39 is 0 Å². The molecule has 1 rings (SSSR count). The highest BCUT2D eigenvalue weighted by Gasteiger charge is 2.07. The first-order valence-corrected chi connectivity index (χ1v) is 5.39. The van der Waals surface area contributed by atoms with Crippen LogP contribution in [0.5, 0.6) is 0 Å². The molecule has 0 aliphatic rings. The van der Waals surface area contributed by atoms with E-state index in [1.807, 2.05) is 18.2 Å². The van der Waals surface area contributed by atoms with Gasteiger partial charge in [-0.05, 0) is 41.1 Å². The average molecular weight is 259 g/mol. The standard InChI is InChI=1S/C10H15BrN2O/c1-2-13(5-6-14)10-4-3-8(12)7-9(10)11/h3-4,7,14H,2,5-6,12H2,1H3. The zero-order chi connectivity index (χ0) is 10.6. The van der Waals surface area contributed by atoms with Gasteiger partial charge in [0.1, 0.15) is 0 Å². The molecular weight excluding hydrogens is 244 g/mol.